The van der Waals surface area contributed by atoms with Gasteiger partial charge in [-0.3, -0.25) is 14.6 Å². The fraction of sp³-hybridized carbons (Fsp3) is 0.500. The molecule has 0 atom stereocenters. The summed E-state index contributed by atoms with van der Waals surface area (Å²) < 4.78 is 0. The number of benzene rings is 1. The van der Waals surface area contributed by atoms with Crippen molar-refractivity contribution in [1.82, 2.24) is 20.1 Å². The number of piperazine rings is 1. The van der Waals surface area contributed by atoms with Crippen LogP contribution < -0.4 is 5.32 Å². The third kappa shape index (κ3) is 6.06. The van der Waals surface area contributed by atoms with Crippen molar-refractivity contribution in [2.75, 3.05) is 39.3 Å². The van der Waals surface area contributed by atoms with E-state index in [-0.39, 0.29) is 5.91 Å². The Morgan fingerprint density at radius 3 is 2.50 bits per heavy atom. The second-order valence-corrected chi connectivity index (χ2v) is 9.53. The van der Waals surface area contributed by atoms with Crippen molar-refractivity contribution in [2.24, 2.45) is 0 Å². The van der Waals surface area contributed by atoms with Crippen LogP contribution in [0.1, 0.15) is 41.6 Å². The Bertz CT molecular complexity index is 802. The standard InChI is InChI=1S/C24H32N4OS/c29-23(22-11-6-12-26-24(22)30-21-9-4-5-10-21)25-13-14-27-15-17-28(18-16-27)19-20-7-2-1-3-8-20/h1-3,6-8,11-12,21H,4-5,9-10,13-19H2,(H,25,29). The van der Waals surface area contributed by atoms with Gasteiger partial charge in [-0.1, -0.05) is 43.2 Å². The van der Waals surface area contributed by atoms with Crippen LogP contribution >= 0.6 is 11.8 Å². The van der Waals surface area contributed by atoms with Gasteiger partial charge < -0.3 is 5.32 Å². The molecule has 1 N–H and O–H groups in total. The largest absolute Gasteiger partial charge is 0.351 e. The van der Waals surface area contributed by atoms with Gasteiger partial charge in [0.25, 0.3) is 5.91 Å². The minimum atomic E-state index is 0.00584. The predicted molar refractivity (Wildman–Crippen MR) is 123 cm³/mol. The van der Waals surface area contributed by atoms with Crippen LogP contribution in [0.2, 0.25) is 0 Å². The zero-order valence-corrected chi connectivity index (χ0v) is 18.4. The van der Waals surface area contributed by atoms with Gasteiger partial charge in [-0.15, -0.1) is 11.8 Å². The Labute approximate surface area is 184 Å². The molecule has 5 nitrogen and oxygen atoms in total. The topological polar surface area (TPSA) is 48.5 Å². The molecule has 0 spiro atoms. The van der Waals surface area contributed by atoms with Crippen LogP contribution in [0.15, 0.2) is 53.7 Å². The molecule has 0 unspecified atom stereocenters. The molecule has 1 aliphatic heterocycles. The molecule has 160 valence electrons. The Morgan fingerprint density at radius 2 is 1.73 bits per heavy atom. The van der Waals surface area contributed by atoms with Crippen LogP contribution in [-0.2, 0) is 6.54 Å². The van der Waals surface area contributed by atoms with E-state index in [4.69, 9.17) is 0 Å². The quantitative estimate of drug-likeness (QED) is 0.701. The highest BCUT2D eigenvalue weighted by molar-refractivity contribution is 7.99. The van der Waals surface area contributed by atoms with Crippen molar-refractivity contribution in [2.45, 2.75) is 42.5 Å². The lowest BCUT2D eigenvalue weighted by molar-refractivity contribution is 0.0930. The maximum absolute atomic E-state index is 12.7. The maximum Gasteiger partial charge on any atom is 0.254 e. The fourth-order valence-electron chi connectivity index (χ4n) is 4.26. The number of amides is 1. The molecule has 1 aliphatic carbocycles. The number of hydrogen-bond donors (Lipinski definition) is 1. The van der Waals surface area contributed by atoms with Gasteiger partial charge in [-0.2, -0.15) is 0 Å². The summed E-state index contributed by atoms with van der Waals surface area (Å²) in [6.45, 7) is 6.86. The lowest BCUT2D eigenvalue weighted by Gasteiger charge is -2.34. The van der Waals surface area contributed by atoms with Crippen molar-refractivity contribution in [3.63, 3.8) is 0 Å². The molecule has 2 heterocycles. The van der Waals surface area contributed by atoms with Crippen molar-refractivity contribution >= 4 is 17.7 Å². The van der Waals surface area contributed by atoms with Gasteiger partial charge in [-0.25, -0.2) is 4.98 Å². The summed E-state index contributed by atoms with van der Waals surface area (Å²) in [6.07, 6.45) is 6.86. The van der Waals surface area contributed by atoms with Gasteiger partial charge in [0, 0.05) is 57.3 Å². The number of hydrogen-bond acceptors (Lipinski definition) is 5. The summed E-state index contributed by atoms with van der Waals surface area (Å²) in [6, 6.07) is 14.4. The first-order valence-electron chi connectivity index (χ1n) is 11.2. The number of thioether (sulfide) groups is 1. The average Bonchev–Trinajstić information content (AvgIpc) is 3.29. The van der Waals surface area contributed by atoms with Crippen LogP contribution in [0.4, 0.5) is 0 Å². The highest BCUT2D eigenvalue weighted by atomic mass is 32.2. The zero-order chi connectivity index (χ0) is 20.6. The number of nitrogens with one attached hydrogen (secondary N) is 1. The number of carbonyl (C=O) groups excluding carboxylic acids is 1. The van der Waals surface area contributed by atoms with Gasteiger partial charge in [0.1, 0.15) is 5.03 Å². The van der Waals surface area contributed by atoms with E-state index in [9.17, 15) is 4.79 Å². The van der Waals surface area contributed by atoms with Crippen LogP contribution in [0.25, 0.3) is 0 Å². The molecule has 30 heavy (non-hydrogen) atoms. The first kappa shape index (κ1) is 21.3. The van der Waals surface area contributed by atoms with E-state index >= 15 is 0 Å². The average molecular weight is 425 g/mol. The van der Waals surface area contributed by atoms with E-state index in [0.717, 1.165) is 49.9 Å². The van der Waals surface area contributed by atoms with Gasteiger partial charge in [-0.05, 0) is 30.5 Å². The summed E-state index contributed by atoms with van der Waals surface area (Å²) in [5, 5.41) is 4.61. The van der Waals surface area contributed by atoms with Crippen molar-refractivity contribution in [1.29, 1.82) is 0 Å². The fourth-order valence-corrected chi connectivity index (χ4v) is 5.55. The lowest BCUT2D eigenvalue weighted by Crippen LogP contribution is -2.48. The highest BCUT2D eigenvalue weighted by Crippen LogP contribution is 2.35. The Hall–Kier alpha value is -1.89. The number of aromatic nitrogens is 1. The van der Waals surface area contributed by atoms with Crippen molar-refractivity contribution in [3.8, 4) is 0 Å². The molecule has 1 aromatic carbocycles. The second kappa shape index (κ2) is 10.9. The van der Waals surface area contributed by atoms with Gasteiger partial charge in [0.05, 0.1) is 5.56 Å². The summed E-state index contributed by atoms with van der Waals surface area (Å²) >= 11 is 1.78. The van der Waals surface area contributed by atoms with Crippen LogP contribution in [0.5, 0.6) is 0 Å². The second-order valence-electron chi connectivity index (χ2n) is 8.24. The van der Waals surface area contributed by atoms with Crippen LogP contribution in [-0.4, -0.2) is 65.2 Å². The summed E-state index contributed by atoms with van der Waals surface area (Å²) in [4.78, 5) is 22.2. The molecule has 2 aromatic rings. The van der Waals surface area contributed by atoms with Gasteiger partial charge in [0.2, 0.25) is 0 Å². The molecule has 4 rings (SSSR count). The van der Waals surface area contributed by atoms with E-state index in [2.05, 4.69) is 50.4 Å². The van der Waals surface area contributed by atoms with E-state index in [1.807, 2.05) is 12.1 Å². The van der Waals surface area contributed by atoms with Crippen LogP contribution in [0.3, 0.4) is 0 Å². The molecule has 6 heteroatoms. The minimum Gasteiger partial charge on any atom is -0.351 e. The smallest absolute Gasteiger partial charge is 0.254 e. The third-order valence-corrected chi connectivity index (χ3v) is 7.38. The van der Waals surface area contributed by atoms with Gasteiger partial charge in [0.15, 0.2) is 0 Å². The monoisotopic (exact) mass is 424 g/mol. The minimum absolute atomic E-state index is 0.00584. The molecular formula is C24H32N4OS. The highest BCUT2D eigenvalue weighted by Gasteiger charge is 2.21. The molecular weight excluding hydrogens is 392 g/mol. The van der Waals surface area contributed by atoms with Crippen molar-refractivity contribution in [3.05, 3.63) is 59.8 Å². The van der Waals surface area contributed by atoms with E-state index < -0.39 is 0 Å². The van der Waals surface area contributed by atoms with E-state index in [0.29, 0.717) is 11.8 Å². The van der Waals surface area contributed by atoms with Gasteiger partial charge >= 0.3 is 0 Å². The Morgan fingerprint density at radius 1 is 1.00 bits per heavy atom. The lowest BCUT2D eigenvalue weighted by atomic mass is 10.2. The summed E-state index contributed by atoms with van der Waals surface area (Å²) in [5.41, 5.74) is 2.10. The maximum atomic E-state index is 12.7. The molecule has 1 saturated carbocycles. The molecule has 1 aromatic heterocycles. The summed E-state index contributed by atoms with van der Waals surface area (Å²) in [7, 11) is 0. The normalized spacial score (nSPS) is 18.5. The van der Waals surface area contributed by atoms with Crippen LogP contribution in [0, 0.1) is 0 Å². The Balaban J connectivity index is 1.19. The summed E-state index contributed by atoms with van der Waals surface area (Å²) in [5.74, 6) is 0.00584. The number of pyridine rings is 1. The predicted octanol–water partition coefficient (Wildman–Crippen LogP) is 3.66. The SMILES string of the molecule is O=C(NCCN1CCN(Cc2ccccc2)CC1)c1cccnc1SC1CCCC1. The zero-order valence-electron chi connectivity index (χ0n) is 17.6. The molecule has 2 aliphatic rings. The number of rotatable bonds is 8. The molecule has 0 radical (unpaired) electrons. The Kier molecular flexibility index (Phi) is 7.78. The van der Waals surface area contributed by atoms with E-state index in [1.54, 1.807) is 18.0 Å². The van der Waals surface area contributed by atoms with Crippen molar-refractivity contribution < 1.29 is 4.79 Å². The third-order valence-electron chi connectivity index (χ3n) is 6.02. The first-order valence-corrected chi connectivity index (χ1v) is 12.0. The first-order chi connectivity index (χ1) is 14.8. The number of nitrogens with zero attached hydrogens (tertiary/aromatic N) is 3. The molecule has 1 saturated heterocycles. The molecule has 1 amide bonds. The number of carbonyl (C=O) groups is 1. The molecule has 0 bridgehead atoms. The molecule has 2 fully saturated rings. The van der Waals surface area contributed by atoms with E-state index in [1.165, 1.54) is 31.2 Å².